The molecular weight excluding hydrogens is 351 g/mol. The zero-order chi connectivity index (χ0) is 13.9. The SMILES string of the molecule is CCOC(=O)[C@@](C)(I)[C@H]1OC[C@H](OC(C)=O)[C@@H]1C. The largest absolute Gasteiger partial charge is 0.465 e. The second-order valence-corrected chi connectivity index (χ2v) is 6.80. The van der Waals surface area contributed by atoms with Crippen molar-refractivity contribution in [1.82, 2.24) is 0 Å². The molecule has 0 spiro atoms. The standard InChI is InChI=1S/C12H19IO5/c1-5-16-11(15)12(4,13)10-7(2)9(6-17-10)18-8(3)14/h7,9-10H,5-6H2,1-4H3/t7-,9-,10-,12-/m0/s1. The second kappa shape index (κ2) is 6.18. The van der Waals surface area contributed by atoms with E-state index in [4.69, 9.17) is 14.2 Å². The Bertz CT molecular complexity index is 328. The highest BCUT2D eigenvalue weighted by atomic mass is 127. The summed E-state index contributed by atoms with van der Waals surface area (Å²) in [7, 11) is 0. The van der Waals surface area contributed by atoms with Crippen molar-refractivity contribution >= 4 is 34.5 Å². The van der Waals surface area contributed by atoms with E-state index in [-0.39, 0.29) is 30.1 Å². The van der Waals surface area contributed by atoms with E-state index in [2.05, 4.69) is 0 Å². The highest BCUT2D eigenvalue weighted by molar-refractivity contribution is 14.1. The topological polar surface area (TPSA) is 61.8 Å². The molecule has 0 amide bonds. The molecule has 0 N–H and O–H groups in total. The van der Waals surface area contributed by atoms with Crippen LogP contribution in [-0.2, 0) is 23.8 Å². The molecule has 1 rings (SSSR count). The molecule has 6 heteroatoms. The van der Waals surface area contributed by atoms with Gasteiger partial charge < -0.3 is 14.2 Å². The first kappa shape index (κ1) is 15.7. The molecular formula is C12H19IO5. The highest BCUT2D eigenvalue weighted by Gasteiger charge is 2.50. The summed E-state index contributed by atoms with van der Waals surface area (Å²) in [4.78, 5) is 22.9. The maximum absolute atomic E-state index is 11.9. The predicted octanol–water partition coefficient (Wildman–Crippen LogP) is 1.71. The molecule has 18 heavy (non-hydrogen) atoms. The number of hydrogen-bond acceptors (Lipinski definition) is 5. The quantitative estimate of drug-likeness (QED) is 0.428. The fourth-order valence-electron chi connectivity index (χ4n) is 2.09. The van der Waals surface area contributed by atoms with Crippen molar-refractivity contribution in [3.8, 4) is 0 Å². The Morgan fingerprint density at radius 3 is 2.61 bits per heavy atom. The molecule has 0 bridgehead atoms. The molecule has 0 aliphatic carbocycles. The first-order chi connectivity index (χ1) is 8.30. The van der Waals surface area contributed by atoms with Crippen LogP contribution in [-0.4, -0.2) is 40.8 Å². The van der Waals surface area contributed by atoms with E-state index in [0.29, 0.717) is 13.2 Å². The second-order valence-electron chi connectivity index (χ2n) is 4.56. The smallest absolute Gasteiger partial charge is 0.324 e. The third-order valence-corrected chi connectivity index (χ3v) is 4.08. The molecule has 1 aliphatic heterocycles. The Labute approximate surface area is 121 Å². The Kier molecular flexibility index (Phi) is 5.39. The Morgan fingerprint density at radius 2 is 2.11 bits per heavy atom. The summed E-state index contributed by atoms with van der Waals surface area (Å²) in [6.07, 6.45) is -0.613. The van der Waals surface area contributed by atoms with Gasteiger partial charge in [-0.3, -0.25) is 9.59 Å². The van der Waals surface area contributed by atoms with Gasteiger partial charge in [-0.2, -0.15) is 0 Å². The molecule has 4 atom stereocenters. The number of carbonyl (C=O) groups is 2. The average molecular weight is 370 g/mol. The van der Waals surface area contributed by atoms with Crippen LogP contribution < -0.4 is 0 Å². The van der Waals surface area contributed by atoms with Gasteiger partial charge in [0.2, 0.25) is 0 Å². The van der Waals surface area contributed by atoms with E-state index in [1.54, 1.807) is 13.8 Å². The van der Waals surface area contributed by atoms with Gasteiger partial charge in [0, 0.05) is 12.8 Å². The summed E-state index contributed by atoms with van der Waals surface area (Å²) >= 11 is 2.05. The zero-order valence-corrected chi connectivity index (χ0v) is 13.2. The maximum atomic E-state index is 11.9. The molecule has 5 nitrogen and oxygen atoms in total. The molecule has 1 saturated heterocycles. The third-order valence-electron chi connectivity index (χ3n) is 3.03. The zero-order valence-electron chi connectivity index (χ0n) is 11.1. The van der Waals surface area contributed by atoms with Gasteiger partial charge in [-0.15, -0.1) is 0 Å². The number of ether oxygens (including phenoxy) is 3. The fraction of sp³-hybridized carbons (Fsp3) is 0.833. The first-order valence-electron chi connectivity index (χ1n) is 5.95. The van der Waals surface area contributed by atoms with Crippen molar-refractivity contribution < 1.29 is 23.8 Å². The summed E-state index contributed by atoms with van der Waals surface area (Å²) < 4.78 is 15.1. The molecule has 0 radical (unpaired) electrons. The van der Waals surface area contributed by atoms with Crippen LogP contribution in [0.4, 0.5) is 0 Å². The van der Waals surface area contributed by atoms with Crippen LogP contribution in [0, 0.1) is 5.92 Å². The van der Waals surface area contributed by atoms with E-state index in [9.17, 15) is 9.59 Å². The number of carbonyl (C=O) groups excluding carboxylic acids is 2. The summed E-state index contributed by atoms with van der Waals surface area (Å²) in [5.41, 5.74) is 0. The molecule has 1 fully saturated rings. The lowest BCUT2D eigenvalue weighted by molar-refractivity contribution is -0.148. The van der Waals surface area contributed by atoms with Crippen molar-refractivity contribution in [2.24, 2.45) is 5.92 Å². The van der Waals surface area contributed by atoms with Crippen molar-refractivity contribution in [2.45, 2.75) is 43.3 Å². The number of hydrogen-bond donors (Lipinski definition) is 0. The fourth-order valence-corrected chi connectivity index (χ4v) is 2.99. The van der Waals surface area contributed by atoms with Crippen LogP contribution >= 0.6 is 22.6 Å². The molecule has 1 aliphatic rings. The molecule has 0 aromatic heterocycles. The molecule has 0 saturated carbocycles. The third kappa shape index (κ3) is 3.34. The van der Waals surface area contributed by atoms with Gasteiger partial charge >= 0.3 is 11.9 Å². The van der Waals surface area contributed by atoms with E-state index >= 15 is 0 Å². The Balaban J connectivity index is 2.73. The van der Waals surface area contributed by atoms with E-state index < -0.39 is 3.42 Å². The lowest BCUT2D eigenvalue weighted by Gasteiger charge is -2.29. The number of halogens is 1. The van der Waals surface area contributed by atoms with E-state index in [1.165, 1.54) is 6.92 Å². The predicted molar refractivity (Wildman–Crippen MR) is 73.5 cm³/mol. The van der Waals surface area contributed by atoms with Gasteiger partial charge in [0.05, 0.1) is 19.3 Å². The monoisotopic (exact) mass is 370 g/mol. The molecule has 0 unspecified atom stereocenters. The van der Waals surface area contributed by atoms with Crippen LogP contribution in [0.1, 0.15) is 27.7 Å². The lowest BCUT2D eigenvalue weighted by Crippen LogP contribution is -2.46. The van der Waals surface area contributed by atoms with Gasteiger partial charge in [-0.1, -0.05) is 29.5 Å². The Hall–Kier alpha value is -0.370. The average Bonchev–Trinajstić information content (AvgIpc) is 2.60. The summed E-state index contributed by atoms with van der Waals surface area (Å²) in [6.45, 7) is 7.50. The van der Waals surface area contributed by atoms with Gasteiger partial charge in [-0.05, 0) is 13.8 Å². The van der Waals surface area contributed by atoms with Crippen molar-refractivity contribution in [3.05, 3.63) is 0 Å². The van der Waals surface area contributed by atoms with Crippen LogP contribution in [0.2, 0.25) is 0 Å². The molecule has 104 valence electrons. The van der Waals surface area contributed by atoms with Gasteiger partial charge in [0.1, 0.15) is 9.53 Å². The van der Waals surface area contributed by atoms with Crippen LogP contribution in [0.25, 0.3) is 0 Å². The van der Waals surface area contributed by atoms with Crippen molar-refractivity contribution in [2.75, 3.05) is 13.2 Å². The van der Waals surface area contributed by atoms with Crippen LogP contribution in [0.5, 0.6) is 0 Å². The maximum Gasteiger partial charge on any atom is 0.324 e. The van der Waals surface area contributed by atoms with Gasteiger partial charge in [0.15, 0.2) is 0 Å². The van der Waals surface area contributed by atoms with Crippen molar-refractivity contribution in [1.29, 1.82) is 0 Å². The number of esters is 2. The summed E-state index contributed by atoms with van der Waals surface area (Å²) in [5.74, 6) is -0.673. The minimum Gasteiger partial charge on any atom is -0.465 e. The summed E-state index contributed by atoms with van der Waals surface area (Å²) in [5, 5.41) is 0. The molecule has 1 heterocycles. The minimum atomic E-state index is -0.776. The highest BCUT2D eigenvalue weighted by Crippen LogP contribution is 2.37. The van der Waals surface area contributed by atoms with E-state index in [1.807, 2.05) is 29.5 Å². The van der Waals surface area contributed by atoms with Gasteiger partial charge in [0.25, 0.3) is 0 Å². The van der Waals surface area contributed by atoms with Crippen molar-refractivity contribution in [3.63, 3.8) is 0 Å². The minimum absolute atomic E-state index is 0.0415. The van der Waals surface area contributed by atoms with Gasteiger partial charge in [-0.25, -0.2) is 0 Å². The Morgan fingerprint density at radius 1 is 1.50 bits per heavy atom. The van der Waals surface area contributed by atoms with Crippen LogP contribution in [0.3, 0.4) is 0 Å². The first-order valence-corrected chi connectivity index (χ1v) is 7.03. The molecule has 0 aromatic rings. The number of rotatable bonds is 4. The van der Waals surface area contributed by atoms with Crippen LogP contribution in [0.15, 0.2) is 0 Å². The normalized spacial score (nSPS) is 30.6. The summed E-state index contributed by atoms with van der Waals surface area (Å²) in [6, 6.07) is 0. The number of alkyl halides is 1. The molecule has 0 aromatic carbocycles. The van der Waals surface area contributed by atoms with E-state index in [0.717, 1.165) is 0 Å². The lowest BCUT2D eigenvalue weighted by atomic mass is 9.92.